The molecule has 2 heterocycles. The highest BCUT2D eigenvalue weighted by Crippen LogP contribution is 2.24. The van der Waals surface area contributed by atoms with Gasteiger partial charge < -0.3 is 15.5 Å². The van der Waals surface area contributed by atoms with Crippen LogP contribution in [0.4, 0.5) is 15.8 Å². The van der Waals surface area contributed by atoms with Gasteiger partial charge in [-0.3, -0.25) is 14.4 Å². The zero-order valence-electron chi connectivity index (χ0n) is 18.0. The monoisotopic (exact) mass is 501 g/mol. The molecule has 2 aromatic carbocycles. The smallest absolute Gasteiger partial charge is 0.286 e. The van der Waals surface area contributed by atoms with Crippen LogP contribution in [0.5, 0.6) is 0 Å². The molecule has 176 valence electrons. The first-order chi connectivity index (χ1) is 16.4. The van der Waals surface area contributed by atoms with Gasteiger partial charge in [0.25, 0.3) is 11.8 Å². The Labute approximate surface area is 204 Å². The Hall–Kier alpha value is -3.37. The summed E-state index contributed by atoms with van der Waals surface area (Å²) >= 11 is 6.77. The minimum absolute atomic E-state index is 0.0854. The van der Waals surface area contributed by atoms with E-state index in [-0.39, 0.29) is 27.7 Å². The van der Waals surface area contributed by atoms with E-state index >= 15 is 0 Å². The lowest BCUT2D eigenvalue weighted by Crippen LogP contribution is -2.39. The van der Waals surface area contributed by atoms with Crippen LogP contribution in [0.15, 0.2) is 48.5 Å². The molecule has 2 N–H and O–H groups in total. The molecule has 8 nitrogen and oxygen atoms in total. The third-order valence-electron chi connectivity index (χ3n) is 5.39. The van der Waals surface area contributed by atoms with Crippen molar-refractivity contribution in [2.24, 2.45) is 5.92 Å². The summed E-state index contributed by atoms with van der Waals surface area (Å²) in [6, 6.07) is 12.4. The number of nitrogens with zero attached hydrogens (tertiary/aromatic N) is 3. The van der Waals surface area contributed by atoms with E-state index in [1.54, 1.807) is 35.2 Å². The van der Waals surface area contributed by atoms with Gasteiger partial charge in [-0.15, -0.1) is 10.2 Å². The van der Waals surface area contributed by atoms with Gasteiger partial charge in [0, 0.05) is 35.9 Å². The summed E-state index contributed by atoms with van der Waals surface area (Å²) in [5, 5.41) is 13.9. The van der Waals surface area contributed by atoms with Crippen LogP contribution in [0, 0.1) is 11.7 Å². The predicted octanol–water partition coefficient (Wildman–Crippen LogP) is 4.46. The largest absolute Gasteiger partial charge is 0.337 e. The molecule has 1 aromatic heterocycles. The van der Waals surface area contributed by atoms with Crippen LogP contribution in [0.1, 0.15) is 38.9 Å². The summed E-state index contributed by atoms with van der Waals surface area (Å²) in [6.07, 6.45) is 1.61. The van der Waals surface area contributed by atoms with Crippen molar-refractivity contribution in [2.45, 2.75) is 19.3 Å². The van der Waals surface area contributed by atoms with Crippen molar-refractivity contribution < 1.29 is 18.8 Å². The van der Waals surface area contributed by atoms with Gasteiger partial charge in [-0.05, 0) is 61.2 Å². The summed E-state index contributed by atoms with van der Waals surface area (Å²) in [4.78, 5) is 39.1. The fraction of sp³-hybridized carbons (Fsp3) is 0.261. The van der Waals surface area contributed by atoms with Gasteiger partial charge in [-0.25, -0.2) is 4.39 Å². The van der Waals surface area contributed by atoms with Crippen LogP contribution in [0.2, 0.25) is 5.02 Å². The average molecular weight is 502 g/mol. The lowest BCUT2D eigenvalue weighted by atomic mass is 9.93. The SMILES string of the molecule is O=C(CC1CCN(C(=O)c2nnc(C(=O)Nc3ccc(Cl)cc3)s2)CC1)Nc1cccc(F)c1. The molecule has 0 spiro atoms. The van der Waals surface area contributed by atoms with Crippen molar-refractivity contribution in [3.8, 4) is 0 Å². The summed E-state index contributed by atoms with van der Waals surface area (Å²) in [5.41, 5.74) is 0.978. The number of halogens is 2. The minimum atomic E-state index is -0.457. The molecule has 0 unspecified atom stereocenters. The van der Waals surface area contributed by atoms with Crippen molar-refractivity contribution in [1.82, 2.24) is 15.1 Å². The van der Waals surface area contributed by atoms with Crippen molar-refractivity contribution in [3.63, 3.8) is 0 Å². The Morgan fingerprint density at radius 3 is 2.41 bits per heavy atom. The van der Waals surface area contributed by atoms with E-state index in [9.17, 15) is 18.8 Å². The lowest BCUT2D eigenvalue weighted by Gasteiger charge is -2.31. The Balaban J connectivity index is 1.26. The molecule has 0 bridgehead atoms. The summed E-state index contributed by atoms with van der Waals surface area (Å²) in [6.45, 7) is 0.950. The lowest BCUT2D eigenvalue weighted by molar-refractivity contribution is -0.117. The molecule has 1 fully saturated rings. The number of benzene rings is 2. The van der Waals surface area contributed by atoms with E-state index in [4.69, 9.17) is 11.6 Å². The van der Waals surface area contributed by atoms with Crippen LogP contribution in [0.3, 0.4) is 0 Å². The fourth-order valence-corrected chi connectivity index (χ4v) is 4.47. The number of aromatic nitrogens is 2. The molecular weight excluding hydrogens is 481 g/mol. The number of hydrogen-bond acceptors (Lipinski definition) is 6. The van der Waals surface area contributed by atoms with Crippen molar-refractivity contribution in [1.29, 1.82) is 0 Å². The molecule has 0 atom stereocenters. The molecule has 3 aromatic rings. The Kier molecular flexibility index (Phi) is 7.49. The normalized spacial score (nSPS) is 14.0. The molecule has 11 heteroatoms. The first kappa shape index (κ1) is 23.8. The summed E-state index contributed by atoms with van der Waals surface area (Å²) in [5.74, 6) is -1.22. The topological polar surface area (TPSA) is 104 Å². The number of piperidine rings is 1. The second-order valence-corrected chi connectivity index (χ2v) is 9.29. The third-order valence-corrected chi connectivity index (χ3v) is 6.55. The van der Waals surface area contributed by atoms with Crippen LogP contribution in [-0.4, -0.2) is 45.9 Å². The molecule has 34 heavy (non-hydrogen) atoms. The number of carbonyl (C=O) groups is 3. The molecule has 3 amide bonds. The maximum atomic E-state index is 13.3. The van der Waals surface area contributed by atoms with Crippen LogP contribution < -0.4 is 10.6 Å². The number of likely N-dealkylation sites (tertiary alicyclic amines) is 1. The van der Waals surface area contributed by atoms with Crippen molar-refractivity contribution in [3.05, 3.63) is 69.4 Å². The van der Waals surface area contributed by atoms with Crippen LogP contribution in [0.25, 0.3) is 0 Å². The standard InChI is InChI=1S/C23H21ClFN5O3S/c24-15-4-6-17(7-5-15)27-20(32)21-28-29-22(34-21)23(33)30-10-8-14(9-11-30)12-19(31)26-18-3-1-2-16(25)13-18/h1-7,13-14H,8-12H2,(H,26,31)(H,27,32). The van der Waals surface area contributed by atoms with Gasteiger partial charge in [0.15, 0.2) is 0 Å². The highest BCUT2D eigenvalue weighted by Gasteiger charge is 2.28. The fourth-order valence-electron chi connectivity index (χ4n) is 3.64. The molecule has 1 saturated heterocycles. The third kappa shape index (κ3) is 6.15. The number of carbonyl (C=O) groups excluding carboxylic acids is 3. The van der Waals surface area contributed by atoms with Gasteiger partial charge >= 0.3 is 0 Å². The van der Waals surface area contributed by atoms with Crippen molar-refractivity contribution >= 4 is 52.0 Å². The van der Waals surface area contributed by atoms with E-state index in [0.717, 1.165) is 11.3 Å². The number of rotatable bonds is 6. The van der Waals surface area contributed by atoms with E-state index in [2.05, 4.69) is 20.8 Å². The zero-order chi connectivity index (χ0) is 24.1. The first-order valence-electron chi connectivity index (χ1n) is 10.6. The zero-order valence-corrected chi connectivity index (χ0v) is 19.5. The van der Waals surface area contributed by atoms with Gasteiger partial charge in [-0.2, -0.15) is 0 Å². The van der Waals surface area contributed by atoms with Gasteiger partial charge in [0.05, 0.1) is 0 Å². The summed E-state index contributed by atoms with van der Waals surface area (Å²) in [7, 11) is 0. The maximum absolute atomic E-state index is 13.3. The van der Waals surface area contributed by atoms with E-state index in [1.807, 2.05) is 0 Å². The van der Waals surface area contributed by atoms with Gasteiger partial charge in [-0.1, -0.05) is 29.0 Å². The highest BCUT2D eigenvalue weighted by molar-refractivity contribution is 7.15. The average Bonchev–Trinajstić information content (AvgIpc) is 3.31. The molecular formula is C23H21ClFN5O3S. The summed E-state index contributed by atoms with van der Waals surface area (Å²) < 4.78 is 13.3. The molecule has 0 aliphatic carbocycles. The second-order valence-electron chi connectivity index (χ2n) is 7.87. The second kappa shape index (κ2) is 10.7. The van der Waals surface area contributed by atoms with Gasteiger partial charge in [0.2, 0.25) is 15.9 Å². The molecule has 1 aliphatic rings. The number of hydrogen-bond donors (Lipinski definition) is 2. The van der Waals surface area contributed by atoms with Gasteiger partial charge in [0.1, 0.15) is 5.82 Å². The Morgan fingerprint density at radius 1 is 1.00 bits per heavy atom. The highest BCUT2D eigenvalue weighted by atomic mass is 35.5. The molecule has 0 saturated carbocycles. The quantitative estimate of drug-likeness (QED) is 0.518. The van der Waals surface area contributed by atoms with Crippen molar-refractivity contribution in [2.75, 3.05) is 23.7 Å². The Bertz CT molecular complexity index is 1200. The van der Waals surface area contributed by atoms with E-state index in [0.29, 0.717) is 48.7 Å². The Morgan fingerprint density at radius 2 is 1.71 bits per heavy atom. The minimum Gasteiger partial charge on any atom is -0.337 e. The number of nitrogens with one attached hydrogen (secondary N) is 2. The predicted molar refractivity (Wildman–Crippen MR) is 128 cm³/mol. The molecule has 4 rings (SSSR count). The molecule has 1 aliphatic heterocycles. The van der Waals surface area contributed by atoms with E-state index in [1.165, 1.54) is 18.2 Å². The number of anilines is 2. The van der Waals surface area contributed by atoms with E-state index < -0.39 is 11.7 Å². The van der Waals surface area contributed by atoms with Crippen LogP contribution in [-0.2, 0) is 4.79 Å². The number of amides is 3. The first-order valence-corrected chi connectivity index (χ1v) is 11.8. The van der Waals surface area contributed by atoms with Crippen LogP contribution >= 0.6 is 22.9 Å². The maximum Gasteiger partial charge on any atom is 0.286 e. The molecule has 0 radical (unpaired) electrons.